The number of hydrogen-bond acceptors (Lipinski definition) is 4. The van der Waals surface area contributed by atoms with Crippen LogP contribution in [0.2, 0.25) is 0 Å². The second-order valence-electron chi connectivity index (χ2n) is 4.24. The van der Waals surface area contributed by atoms with Crippen molar-refractivity contribution in [1.29, 1.82) is 0 Å². The number of aromatic nitrogens is 3. The Labute approximate surface area is 120 Å². The monoisotopic (exact) mass is 283 g/mol. The zero-order valence-corrected chi connectivity index (χ0v) is 11.4. The first-order chi connectivity index (χ1) is 9.83. The topological polar surface area (TPSA) is 61.8 Å². The van der Waals surface area contributed by atoms with Gasteiger partial charge in [-0.15, -0.1) is 11.3 Å². The second-order valence-corrected chi connectivity index (χ2v) is 5.36. The van der Waals surface area contributed by atoms with E-state index in [2.05, 4.69) is 33.4 Å². The van der Waals surface area contributed by atoms with E-state index in [0.717, 1.165) is 4.88 Å². The minimum Gasteiger partial charge on any atom is -0.381 e. The van der Waals surface area contributed by atoms with Gasteiger partial charge in [0.25, 0.3) is 0 Å². The summed E-state index contributed by atoms with van der Waals surface area (Å²) in [7, 11) is 0. The molecule has 2 heterocycles. The molecule has 3 rings (SSSR count). The van der Waals surface area contributed by atoms with Crippen LogP contribution in [0.25, 0.3) is 16.5 Å². The van der Waals surface area contributed by atoms with Crippen molar-refractivity contribution in [3.05, 3.63) is 65.6 Å². The van der Waals surface area contributed by atoms with E-state index in [1.54, 1.807) is 17.4 Å². The fraction of sp³-hybridized carbons (Fsp3) is 0.0667. The van der Waals surface area contributed by atoms with Crippen LogP contribution in [0.15, 0.2) is 54.9 Å². The fourth-order valence-electron chi connectivity index (χ4n) is 1.83. The van der Waals surface area contributed by atoms with Crippen LogP contribution in [-0.2, 0) is 0 Å². The van der Waals surface area contributed by atoms with Gasteiger partial charge in [-0.3, -0.25) is 5.10 Å². The molecule has 4 nitrogen and oxygen atoms in total. The number of benzene rings is 1. The second kappa shape index (κ2) is 5.81. The zero-order chi connectivity index (χ0) is 13.8. The van der Waals surface area contributed by atoms with Gasteiger partial charge in [-0.1, -0.05) is 30.3 Å². The predicted octanol–water partition coefficient (Wildman–Crippen LogP) is 3.28. The first-order valence-corrected chi connectivity index (χ1v) is 7.01. The Balaban J connectivity index is 1.75. The Bertz CT molecular complexity index is 689. The molecule has 3 aromatic rings. The summed E-state index contributed by atoms with van der Waals surface area (Å²) in [6, 6.07) is 14.4. The molecule has 1 unspecified atom stereocenters. The minimum absolute atomic E-state index is 0.445. The van der Waals surface area contributed by atoms with Crippen molar-refractivity contribution in [2.75, 3.05) is 0 Å². The van der Waals surface area contributed by atoms with Gasteiger partial charge >= 0.3 is 0 Å². The fourth-order valence-corrected chi connectivity index (χ4v) is 2.76. The minimum atomic E-state index is -0.764. The molecule has 100 valence electrons. The Kier molecular flexibility index (Phi) is 3.71. The quantitative estimate of drug-likeness (QED) is 0.772. The number of nitrogens with one attached hydrogen (secondary N) is 1. The standard InChI is InChI=1S/C15H13N3OS/c19-13(15-16-10-17-18-15)8-6-12-7-9-14(20-12)11-4-2-1-3-5-11/h1-10,13,19H,(H,16,17,18). The Morgan fingerprint density at radius 2 is 2.00 bits per heavy atom. The summed E-state index contributed by atoms with van der Waals surface area (Å²) in [5, 5.41) is 16.2. The molecule has 0 radical (unpaired) electrons. The summed E-state index contributed by atoms with van der Waals surface area (Å²) in [5.41, 5.74) is 1.20. The number of aromatic amines is 1. The predicted molar refractivity (Wildman–Crippen MR) is 80.1 cm³/mol. The van der Waals surface area contributed by atoms with Crippen LogP contribution >= 0.6 is 11.3 Å². The van der Waals surface area contributed by atoms with Gasteiger partial charge < -0.3 is 5.11 Å². The SMILES string of the molecule is OC(C=Cc1ccc(-c2ccccc2)s1)c1ncn[nH]1. The zero-order valence-electron chi connectivity index (χ0n) is 10.6. The molecule has 0 saturated carbocycles. The van der Waals surface area contributed by atoms with Gasteiger partial charge in [0, 0.05) is 9.75 Å². The molecule has 1 aromatic carbocycles. The van der Waals surface area contributed by atoms with Gasteiger partial charge in [0.05, 0.1) is 0 Å². The van der Waals surface area contributed by atoms with Crippen LogP contribution in [0.5, 0.6) is 0 Å². The number of H-pyrrole nitrogens is 1. The molecule has 0 aliphatic rings. The van der Waals surface area contributed by atoms with E-state index in [1.165, 1.54) is 16.8 Å². The normalized spacial score (nSPS) is 12.8. The Hall–Kier alpha value is -2.24. The average Bonchev–Trinajstić information content (AvgIpc) is 3.17. The van der Waals surface area contributed by atoms with Crippen molar-refractivity contribution in [2.45, 2.75) is 6.10 Å². The van der Waals surface area contributed by atoms with Crippen LogP contribution in [-0.4, -0.2) is 20.3 Å². The molecule has 2 aromatic heterocycles. The molecule has 1 atom stereocenters. The van der Waals surface area contributed by atoms with Crippen molar-refractivity contribution in [2.24, 2.45) is 0 Å². The van der Waals surface area contributed by atoms with Crippen LogP contribution < -0.4 is 0 Å². The molecule has 0 aliphatic heterocycles. The lowest BCUT2D eigenvalue weighted by atomic mass is 10.2. The first kappa shape index (κ1) is 12.8. The molecule has 0 fully saturated rings. The van der Waals surface area contributed by atoms with E-state index in [0.29, 0.717) is 5.82 Å². The Morgan fingerprint density at radius 3 is 2.75 bits per heavy atom. The van der Waals surface area contributed by atoms with E-state index in [9.17, 15) is 5.11 Å². The highest BCUT2D eigenvalue weighted by atomic mass is 32.1. The smallest absolute Gasteiger partial charge is 0.157 e. The van der Waals surface area contributed by atoms with Crippen molar-refractivity contribution >= 4 is 17.4 Å². The third-order valence-corrected chi connectivity index (χ3v) is 3.94. The lowest BCUT2D eigenvalue weighted by molar-refractivity contribution is 0.219. The lowest BCUT2D eigenvalue weighted by Gasteiger charge is -1.98. The summed E-state index contributed by atoms with van der Waals surface area (Å²) in [4.78, 5) is 6.21. The molecule has 0 saturated heterocycles. The van der Waals surface area contributed by atoms with Gasteiger partial charge in [0.15, 0.2) is 5.82 Å². The van der Waals surface area contributed by atoms with Gasteiger partial charge in [-0.05, 0) is 29.8 Å². The molecular weight excluding hydrogens is 270 g/mol. The summed E-state index contributed by atoms with van der Waals surface area (Å²) in [6.07, 6.45) is 4.20. The number of hydrogen-bond donors (Lipinski definition) is 2. The van der Waals surface area contributed by atoms with E-state index >= 15 is 0 Å². The van der Waals surface area contributed by atoms with Gasteiger partial charge in [0.2, 0.25) is 0 Å². The molecule has 0 amide bonds. The molecule has 2 N–H and O–H groups in total. The van der Waals surface area contributed by atoms with Crippen LogP contribution in [0.1, 0.15) is 16.8 Å². The highest BCUT2D eigenvalue weighted by Crippen LogP contribution is 2.28. The van der Waals surface area contributed by atoms with E-state index in [1.807, 2.05) is 30.3 Å². The van der Waals surface area contributed by atoms with E-state index in [-0.39, 0.29) is 0 Å². The molecule has 0 bridgehead atoms. The number of nitrogens with zero attached hydrogens (tertiary/aromatic N) is 2. The third-order valence-electron chi connectivity index (χ3n) is 2.84. The molecule has 0 spiro atoms. The van der Waals surface area contributed by atoms with Crippen LogP contribution in [0.4, 0.5) is 0 Å². The third kappa shape index (κ3) is 2.84. The summed E-state index contributed by atoms with van der Waals surface area (Å²) < 4.78 is 0. The number of aliphatic hydroxyl groups excluding tert-OH is 1. The Morgan fingerprint density at radius 1 is 1.15 bits per heavy atom. The van der Waals surface area contributed by atoms with Crippen molar-refractivity contribution in [3.63, 3.8) is 0 Å². The van der Waals surface area contributed by atoms with Crippen molar-refractivity contribution in [3.8, 4) is 10.4 Å². The number of aliphatic hydroxyl groups is 1. The maximum atomic E-state index is 9.88. The highest BCUT2D eigenvalue weighted by Gasteiger charge is 2.06. The highest BCUT2D eigenvalue weighted by molar-refractivity contribution is 7.16. The summed E-state index contributed by atoms with van der Waals surface area (Å²) >= 11 is 1.68. The van der Waals surface area contributed by atoms with Gasteiger partial charge in [-0.25, -0.2) is 4.98 Å². The van der Waals surface area contributed by atoms with Crippen molar-refractivity contribution < 1.29 is 5.11 Å². The summed E-state index contributed by atoms with van der Waals surface area (Å²) in [5.74, 6) is 0.445. The van der Waals surface area contributed by atoms with E-state index < -0.39 is 6.10 Å². The van der Waals surface area contributed by atoms with Crippen LogP contribution in [0, 0.1) is 0 Å². The number of rotatable bonds is 4. The first-order valence-electron chi connectivity index (χ1n) is 6.20. The molecule has 20 heavy (non-hydrogen) atoms. The largest absolute Gasteiger partial charge is 0.381 e. The van der Waals surface area contributed by atoms with Crippen LogP contribution in [0.3, 0.4) is 0 Å². The number of thiophene rings is 1. The molecule has 0 aliphatic carbocycles. The average molecular weight is 283 g/mol. The lowest BCUT2D eigenvalue weighted by Crippen LogP contribution is -1.95. The van der Waals surface area contributed by atoms with Gasteiger partial charge in [-0.2, -0.15) is 5.10 Å². The maximum Gasteiger partial charge on any atom is 0.157 e. The van der Waals surface area contributed by atoms with Crippen molar-refractivity contribution in [1.82, 2.24) is 15.2 Å². The molecule has 5 heteroatoms. The molecular formula is C15H13N3OS. The van der Waals surface area contributed by atoms with E-state index in [4.69, 9.17) is 0 Å². The van der Waals surface area contributed by atoms with Gasteiger partial charge in [0.1, 0.15) is 12.4 Å². The summed E-state index contributed by atoms with van der Waals surface area (Å²) in [6.45, 7) is 0. The maximum absolute atomic E-state index is 9.88.